The third kappa shape index (κ3) is 3.21. The Balaban J connectivity index is 1.81. The molecule has 0 amide bonds. The van der Waals surface area contributed by atoms with Gasteiger partial charge in [0.25, 0.3) is 0 Å². The summed E-state index contributed by atoms with van der Waals surface area (Å²) in [5, 5.41) is 9.05. The molecule has 0 spiro atoms. The van der Waals surface area contributed by atoms with E-state index in [2.05, 4.69) is 41.0 Å². The molecule has 0 radical (unpaired) electrons. The standard InChI is InChI=1S/C17H24N2O2/c1-13-2-4-15(5-3-13)19(11-8-17(20)21)16-12-18-9-6-14(16)7-10-18/h2-5,14,16H,6-12H2,1H3,(H,20,21). The Bertz CT molecular complexity index is 492. The van der Waals surface area contributed by atoms with Crippen molar-refractivity contribution in [3.05, 3.63) is 29.8 Å². The molecule has 0 aromatic heterocycles. The number of rotatable bonds is 5. The lowest BCUT2D eigenvalue weighted by Gasteiger charge is -2.49. The molecule has 3 fully saturated rings. The van der Waals surface area contributed by atoms with E-state index in [1.54, 1.807) is 0 Å². The zero-order chi connectivity index (χ0) is 14.8. The van der Waals surface area contributed by atoms with Gasteiger partial charge in [-0.15, -0.1) is 0 Å². The second-order valence-corrected chi connectivity index (χ2v) is 6.38. The summed E-state index contributed by atoms with van der Waals surface area (Å²) in [5.41, 5.74) is 2.41. The van der Waals surface area contributed by atoms with Crippen molar-refractivity contribution in [3.63, 3.8) is 0 Å². The third-order valence-corrected chi connectivity index (χ3v) is 4.95. The molecule has 3 saturated heterocycles. The van der Waals surface area contributed by atoms with E-state index in [0.717, 1.165) is 6.54 Å². The zero-order valence-electron chi connectivity index (χ0n) is 12.7. The van der Waals surface area contributed by atoms with Gasteiger partial charge in [0.1, 0.15) is 0 Å². The van der Waals surface area contributed by atoms with Gasteiger partial charge in [0.2, 0.25) is 0 Å². The van der Waals surface area contributed by atoms with Crippen molar-refractivity contribution >= 4 is 11.7 Å². The number of carbonyl (C=O) groups is 1. The first-order chi connectivity index (χ1) is 10.1. The molecule has 4 rings (SSSR count). The lowest BCUT2D eigenvalue weighted by atomic mass is 9.83. The summed E-state index contributed by atoms with van der Waals surface area (Å²) in [6, 6.07) is 8.97. The Labute approximate surface area is 126 Å². The monoisotopic (exact) mass is 288 g/mol. The first-order valence-corrected chi connectivity index (χ1v) is 7.91. The van der Waals surface area contributed by atoms with Crippen LogP contribution in [0.5, 0.6) is 0 Å². The molecule has 4 nitrogen and oxygen atoms in total. The quantitative estimate of drug-likeness (QED) is 0.903. The van der Waals surface area contributed by atoms with Gasteiger partial charge in [0.05, 0.1) is 6.42 Å². The maximum atomic E-state index is 11.0. The highest BCUT2D eigenvalue weighted by Crippen LogP contribution is 2.33. The maximum absolute atomic E-state index is 11.0. The molecule has 1 aromatic rings. The molecule has 0 aliphatic carbocycles. The van der Waals surface area contributed by atoms with Gasteiger partial charge in [0, 0.05) is 24.8 Å². The highest BCUT2D eigenvalue weighted by Gasteiger charge is 2.37. The molecule has 4 heteroatoms. The van der Waals surface area contributed by atoms with Gasteiger partial charge in [0.15, 0.2) is 0 Å². The predicted octanol–water partition coefficient (Wildman–Crippen LogP) is 2.37. The summed E-state index contributed by atoms with van der Waals surface area (Å²) in [4.78, 5) is 15.9. The molecule has 114 valence electrons. The number of carboxylic acid groups (broad SMARTS) is 1. The van der Waals surface area contributed by atoms with E-state index in [0.29, 0.717) is 18.5 Å². The molecule has 1 atom stereocenters. The second-order valence-electron chi connectivity index (χ2n) is 6.38. The Kier molecular flexibility index (Phi) is 4.15. The summed E-state index contributed by atoms with van der Waals surface area (Å²) < 4.78 is 0. The highest BCUT2D eigenvalue weighted by molar-refractivity contribution is 5.67. The van der Waals surface area contributed by atoms with Crippen molar-refractivity contribution in [2.45, 2.75) is 32.2 Å². The van der Waals surface area contributed by atoms with E-state index in [1.807, 2.05) is 0 Å². The number of anilines is 1. The minimum absolute atomic E-state index is 0.205. The predicted molar refractivity (Wildman–Crippen MR) is 83.7 cm³/mol. The van der Waals surface area contributed by atoms with Crippen molar-refractivity contribution in [2.24, 2.45) is 5.92 Å². The average molecular weight is 288 g/mol. The SMILES string of the molecule is Cc1ccc(N(CCC(=O)O)C2CN3CCC2CC3)cc1. The van der Waals surface area contributed by atoms with Crippen LogP contribution in [-0.2, 0) is 4.79 Å². The minimum atomic E-state index is -0.714. The third-order valence-electron chi connectivity index (χ3n) is 4.95. The van der Waals surface area contributed by atoms with Gasteiger partial charge in [-0.2, -0.15) is 0 Å². The average Bonchev–Trinajstić information content (AvgIpc) is 2.50. The molecule has 0 saturated carbocycles. The van der Waals surface area contributed by atoms with Crippen LogP contribution in [0.25, 0.3) is 0 Å². The van der Waals surface area contributed by atoms with Crippen molar-refractivity contribution in [1.29, 1.82) is 0 Å². The largest absolute Gasteiger partial charge is 0.481 e. The van der Waals surface area contributed by atoms with Gasteiger partial charge in [-0.1, -0.05) is 17.7 Å². The molecule has 1 aromatic carbocycles. The topological polar surface area (TPSA) is 43.8 Å². The Morgan fingerprint density at radius 2 is 1.95 bits per heavy atom. The molecule has 3 aliphatic heterocycles. The van der Waals surface area contributed by atoms with Crippen LogP contribution in [-0.4, -0.2) is 48.2 Å². The van der Waals surface area contributed by atoms with Gasteiger partial charge in [-0.05, 0) is 50.9 Å². The number of hydrogen-bond donors (Lipinski definition) is 1. The van der Waals surface area contributed by atoms with Crippen LogP contribution < -0.4 is 4.90 Å². The van der Waals surface area contributed by atoms with Crippen LogP contribution in [0.1, 0.15) is 24.8 Å². The number of benzene rings is 1. The number of hydrogen-bond acceptors (Lipinski definition) is 3. The molecule has 2 bridgehead atoms. The van der Waals surface area contributed by atoms with Crippen LogP contribution >= 0.6 is 0 Å². The summed E-state index contributed by atoms with van der Waals surface area (Å²) in [6.45, 7) is 6.19. The number of aryl methyl sites for hydroxylation is 1. The van der Waals surface area contributed by atoms with Crippen LogP contribution in [0.2, 0.25) is 0 Å². The number of aliphatic carboxylic acids is 1. The van der Waals surface area contributed by atoms with Gasteiger partial charge in [-0.3, -0.25) is 4.79 Å². The molecule has 21 heavy (non-hydrogen) atoms. The summed E-state index contributed by atoms with van der Waals surface area (Å²) in [7, 11) is 0. The van der Waals surface area contributed by atoms with Crippen LogP contribution in [0.15, 0.2) is 24.3 Å². The fourth-order valence-corrected chi connectivity index (χ4v) is 3.73. The van der Waals surface area contributed by atoms with Crippen molar-refractivity contribution in [1.82, 2.24) is 4.90 Å². The molecular weight excluding hydrogens is 264 g/mol. The first-order valence-electron chi connectivity index (χ1n) is 7.91. The molecule has 1 N–H and O–H groups in total. The van der Waals surface area contributed by atoms with E-state index < -0.39 is 5.97 Å². The summed E-state index contributed by atoms with van der Waals surface area (Å²) in [6.07, 6.45) is 2.71. The summed E-state index contributed by atoms with van der Waals surface area (Å²) >= 11 is 0. The van der Waals surface area contributed by atoms with E-state index in [4.69, 9.17) is 5.11 Å². The Morgan fingerprint density at radius 3 is 2.48 bits per heavy atom. The Hall–Kier alpha value is -1.55. The number of piperidine rings is 3. The fraction of sp³-hybridized carbons (Fsp3) is 0.588. The normalized spacial score (nSPS) is 27.6. The van der Waals surface area contributed by atoms with Crippen molar-refractivity contribution < 1.29 is 9.90 Å². The lowest BCUT2D eigenvalue weighted by molar-refractivity contribution is -0.136. The minimum Gasteiger partial charge on any atom is -0.481 e. The molecule has 3 heterocycles. The lowest BCUT2D eigenvalue weighted by Crippen LogP contribution is -2.58. The van der Waals surface area contributed by atoms with E-state index in [-0.39, 0.29) is 6.42 Å². The number of nitrogens with zero attached hydrogens (tertiary/aromatic N) is 2. The smallest absolute Gasteiger partial charge is 0.305 e. The van der Waals surface area contributed by atoms with Crippen molar-refractivity contribution in [2.75, 3.05) is 31.1 Å². The number of fused-ring (bicyclic) bond motifs is 3. The molecular formula is C17H24N2O2. The van der Waals surface area contributed by atoms with Gasteiger partial charge < -0.3 is 14.9 Å². The van der Waals surface area contributed by atoms with Gasteiger partial charge >= 0.3 is 5.97 Å². The maximum Gasteiger partial charge on any atom is 0.305 e. The second kappa shape index (κ2) is 6.06. The van der Waals surface area contributed by atoms with Crippen LogP contribution in [0, 0.1) is 12.8 Å². The first kappa shape index (κ1) is 14.4. The number of carboxylic acids is 1. The van der Waals surface area contributed by atoms with E-state index in [9.17, 15) is 4.79 Å². The van der Waals surface area contributed by atoms with Crippen LogP contribution in [0.3, 0.4) is 0 Å². The van der Waals surface area contributed by atoms with Crippen molar-refractivity contribution in [3.8, 4) is 0 Å². The molecule has 3 aliphatic rings. The highest BCUT2D eigenvalue weighted by atomic mass is 16.4. The van der Waals surface area contributed by atoms with E-state index >= 15 is 0 Å². The fourth-order valence-electron chi connectivity index (χ4n) is 3.73. The summed E-state index contributed by atoms with van der Waals surface area (Å²) in [5.74, 6) is -0.00140. The van der Waals surface area contributed by atoms with E-state index in [1.165, 1.54) is 37.2 Å². The van der Waals surface area contributed by atoms with Crippen LogP contribution in [0.4, 0.5) is 5.69 Å². The molecule has 1 unspecified atom stereocenters. The Morgan fingerprint density at radius 1 is 1.29 bits per heavy atom. The zero-order valence-corrected chi connectivity index (χ0v) is 12.7. The van der Waals surface area contributed by atoms with Gasteiger partial charge in [-0.25, -0.2) is 0 Å².